The van der Waals surface area contributed by atoms with Crippen LogP contribution in [0.15, 0.2) is 18.5 Å². The van der Waals surface area contributed by atoms with Crippen LogP contribution in [0, 0.1) is 5.92 Å². The van der Waals surface area contributed by atoms with Crippen molar-refractivity contribution in [3.63, 3.8) is 0 Å². The summed E-state index contributed by atoms with van der Waals surface area (Å²) in [6.07, 6.45) is 4.04. The first-order valence-electron chi connectivity index (χ1n) is 9.65. The summed E-state index contributed by atoms with van der Waals surface area (Å²) >= 11 is 0. The maximum atomic E-state index is 12.1. The summed E-state index contributed by atoms with van der Waals surface area (Å²) in [5, 5.41) is 0.913. The maximum Gasteiger partial charge on any atom is 0.214 e. The van der Waals surface area contributed by atoms with Crippen molar-refractivity contribution in [2.75, 3.05) is 51.7 Å². The second-order valence-electron chi connectivity index (χ2n) is 7.24. The number of rotatable bonds is 8. The first-order chi connectivity index (χ1) is 13.9. The molecule has 9 nitrogen and oxygen atoms in total. The molecule has 0 spiro atoms. The van der Waals surface area contributed by atoms with Crippen molar-refractivity contribution >= 4 is 26.7 Å². The van der Waals surface area contributed by atoms with Gasteiger partial charge in [-0.1, -0.05) is 0 Å². The van der Waals surface area contributed by atoms with Crippen LogP contribution in [0.3, 0.4) is 0 Å². The Hall–Kier alpha value is -2.17. The fourth-order valence-corrected chi connectivity index (χ4v) is 4.81. The van der Waals surface area contributed by atoms with E-state index < -0.39 is 10.0 Å². The molecule has 2 N–H and O–H groups in total. The zero-order valence-electron chi connectivity index (χ0n) is 17.2. The number of methoxy groups -OCH3 is 2. The fraction of sp³-hybridized carbons (Fsp3) is 0.579. The predicted molar refractivity (Wildman–Crippen MR) is 113 cm³/mol. The molecule has 1 aromatic heterocycles. The highest BCUT2D eigenvalue weighted by Gasteiger charge is 2.25. The zero-order valence-corrected chi connectivity index (χ0v) is 18.0. The first kappa shape index (κ1) is 21.5. The normalized spacial score (nSPS) is 15.8. The van der Waals surface area contributed by atoms with E-state index in [9.17, 15) is 8.42 Å². The van der Waals surface area contributed by atoms with Crippen LogP contribution in [0.1, 0.15) is 19.3 Å². The molecule has 0 atom stereocenters. The zero-order chi connectivity index (χ0) is 21.0. The van der Waals surface area contributed by atoms with Crippen LogP contribution in [-0.2, 0) is 10.0 Å². The fourth-order valence-electron chi connectivity index (χ4n) is 3.64. The number of fused-ring (bicyclic) bond motifs is 1. The molecule has 29 heavy (non-hydrogen) atoms. The molecule has 2 heterocycles. The minimum Gasteiger partial charge on any atom is -0.493 e. The molecule has 1 aromatic carbocycles. The van der Waals surface area contributed by atoms with E-state index in [0.717, 1.165) is 42.7 Å². The molecule has 2 aromatic rings. The minimum atomic E-state index is -3.27. The molecule has 0 saturated carbocycles. The number of nitrogens with zero attached hydrogens (tertiary/aromatic N) is 4. The van der Waals surface area contributed by atoms with Crippen molar-refractivity contribution < 1.29 is 17.9 Å². The predicted octanol–water partition coefficient (Wildman–Crippen LogP) is 1.43. The van der Waals surface area contributed by atoms with Gasteiger partial charge in [0.15, 0.2) is 11.5 Å². The van der Waals surface area contributed by atoms with E-state index in [1.807, 2.05) is 12.1 Å². The summed E-state index contributed by atoms with van der Waals surface area (Å²) in [5.41, 5.74) is 6.24. The third kappa shape index (κ3) is 4.71. The highest BCUT2D eigenvalue weighted by atomic mass is 32.2. The van der Waals surface area contributed by atoms with Crippen LogP contribution >= 0.6 is 0 Å². The van der Waals surface area contributed by atoms with Gasteiger partial charge in [0.05, 0.1) is 32.2 Å². The van der Waals surface area contributed by atoms with E-state index in [4.69, 9.17) is 15.2 Å². The molecule has 1 fully saturated rings. The number of ether oxygens (including phenoxy) is 2. The van der Waals surface area contributed by atoms with Crippen molar-refractivity contribution in [1.82, 2.24) is 14.3 Å². The quantitative estimate of drug-likeness (QED) is 0.635. The van der Waals surface area contributed by atoms with Gasteiger partial charge in [-0.2, -0.15) is 4.31 Å². The Kier molecular flexibility index (Phi) is 6.76. The Bertz CT molecular complexity index is 945. The third-order valence-corrected chi connectivity index (χ3v) is 7.40. The van der Waals surface area contributed by atoms with Gasteiger partial charge >= 0.3 is 0 Å². The number of nitrogens with two attached hydrogens (primary N) is 1. The summed E-state index contributed by atoms with van der Waals surface area (Å²) in [4.78, 5) is 11.1. The summed E-state index contributed by atoms with van der Waals surface area (Å²) in [5.74, 6) is 2.64. The highest BCUT2D eigenvalue weighted by Crippen LogP contribution is 2.36. The smallest absolute Gasteiger partial charge is 0.214 e. The van der Waals surface area contributed by atoms with Gasteiger partial charge in [0, 0.05) is 31.6 Å². The number of sulfonamides is 1. The van der Waals surface area contributed by atoms with Crippen LogP contribution in [0.5, 0.6) is 11.5 Å². The van der Waals surface area contributed by atoms with Crippen LogP contribution in [0.4, 0.5) is 5.82 Å². The largest absolute Gasteiger partial charge is 0.493 e. The molecule has 0 bridgehead atoms. The summed E-state index contributed by atoms with van der Waals surface area (Å²) < 4.78 is 36.3. The number of piperidine rings is 1. The molecule has 1 saturated heterocycles. The van der Waals surface area contributed by atoms with Gasteiger partial charge in [-0.3, -0.25) is 0 Å². The Labute approximate surface area is 171 Å². The molecule has 3 rings (SSSR count). The molecule has 0 unspecified atom stereocenters. The lowest BCUT2D eigenvalue weighted by Crippen LogP contribution is -2.37. The lowest BCUT2D eigenvalue weighted by molar-refractivity contribution is 0.355. The first-order valence-corrected chi connectivity index (χ1v) is 11.3. The van der Waals surface area contributed by atoms with Crippen molar-refractivity contribution in [3.05, 3.63) is 18.5 Å². The average Bonchev–Trinajstić information content (AvgIpc) is 2.76. The number of hydrogen-bond acceptors (Lipinski definition) is 8. The maximum absolute atomic E-state index is 12.1. The molecule has 160 valence electrons. The molecular weight excluding hydrogens is 394 g/mol. The lowest BCUT2D eigenvalue weighted by atomic mass is 9.94. The Balaban J connectivity index is 1.70. The van der Waals surface area contributed by atoms with Crippen molar-refractivity contribution in [3.8, 4) is 11.5 Å². The van der Waals surface area contributed by atoms with Crippen molar-refractivity contribution in [2.24, 2.45) is 11.7 Å². The summed E-state index contributed by atoms with van der Waals surface area (Å²) in [6, 6.07) is 3.76. The van der Waals surface area contributed by atoms with Crippen molar-refractivity contribution in [1.29, 1.82) is 0 Å². The van der Waals surface area contributed by atoms with Crippen LogP contribution < -0.4 is 20.1 Å². The van der Waals surface area contributed by atoms with E-state index in [-0.39, 0.29) is 12.4 Å². The van der Waals surface area contributed by atoms with Gasteiger partial charge in [-0.25, -0.2) is 18.4 Å². The number of aromatic nitrogens is 2. The molecular formula is C19H29N5O4S. The highest BCUT2D eigenvalue weighted by molar-refractivity contribution is 7.89. The van der Waals surface area contributed by atoms with Gasteiger partial charge in [0.2, 0.25) is 10.0 Å². The van der Waals surface area contributed by atoms with Gasteiger partial charge in [-0.05, 0) is 31.2 Å². The molecule has 1 aliphatic heterocycles. The van der Waals surface area contributed by atoms with Crippen molar-refractivity contribution in [2.45, 2.75) is 19.3 Å². The van der Waals surface area contributed by atoms with E-state index in [0.29, 0.717) is 23.8 Å². The molecule has 10 heteroatoms. The second-order valence-corrected chi connectivity index (χ2v) is 9.43. The van der Waals surface area contributed by atoms with E-state index in [2.05, 4.69) is 14.9 Å². The number of benzene rings is 1. The number of anilines is 1. The van der Waals surface area contributed by atoms with Gasteiger partial charge in [0.1, 0.15) is 12.1 Å². The standard InChI is InChI=1S/C19H29N5O4S/c1-23(12-20)29(25,26)9-6-14-4-7-24(8-5-14)19-15-10-17(27-2)18(28-3)11-16(15)21-13-22-19/h10-11,13-14H,4-9,12,20H2,1-3H3. The van der Waals surface area contributed by atoms with Crippen LogP contribution in [0.2, 0.25) is 0 Å². The van der Waals surface area contributed by atoms with E-state index in [1.54, 1.807) is 20.5 Å². The van der Waals surface area contributed by atoms with Crippen LogP contribution in [-0.4, -0.2) is 69.5 Å². The topological polar surface area (TPSA) is 111 Å². The van der Waals surface area contributed by atoms with Gasteiger partial charge in [-0.15, -0.1) is 0 Å². The van der Waals surface area contributed by atoms with E-state index >= 15 is 0 Å². The molecule has 0 amide bonds. The summed E-state index contributed by atoms with van der Waals surface area (Å²) in [7, 11) is 1.45. The summed E-state index contributed by atoms with van der Waals surface area (Å²) in [6.45, 7) is 1.64. The molecule has 0 radical (unpaired) electrons. The Morgan fingerprint density at radius 3 is 2.45 bits per heavy atom. The number of hydrogen-bond donors (Lipinski definition) is 1. The Morgan fingerprint density at radius 1 is 1.17 bits per heavy atom. The van der Waals surface area contributed by atoms with Gasteiger partial charge in [0.25, 0.3) is 0 Å². The van der Waals surface area contributed by atoms with E-state index in [1.165, 1.54) is 11.4 Å². The lowest BCUT2D eigenvalue weighted by Gasteiger charge is -2.33. The molecule has 1 aliphatic rings. The third-order valence-electron chi connectivity index (χ3n) is 5.55. The average molecular weight is 424 g/mol. The second kappa shape index (κ2) is 9.10. The Morgan fingerprint density at radius 2 is 1.83 bits per heavy atom. The minimum absolute atomic E-state index is 0.00973. The molecule has 0 aliphatic carbocycles. The van der Waals surface area contributed by atoms with Crippen LogP contribution in [0.25, 0.3) is 10.9 Å². The van der Waals surface area contributed by atoms with Gasteiger partial charge < -0.3 is 20.1 Å². The monoisotopic (exact) mass is 423 g/mol. The SMILES string of the molecule is COc1cc2ncnc(N3CCC(CCS(=O)(=O)N(C)CN)CC3)c2cc1OC.